The molecule has 1 atom stereocenters. The number of rotatable bonds is 11. The lowest BCUT2D eigenvalue weighted by Crippen LogP contribution is -2.53. The number of amides is 2. The van der Waals surface area contributed by atoms with E-state index in [0.29, 0.717) is 28.5 Å². The molecule has 0 aliphatic heterocycles. The molecule has 0 bridgehead atoms. The molecule has 2 amide bonds. The van der Waals surface area contributed by atoms with Gasteiger partial charge in [0.1, 0.15) is 6.04 Å². The maximum Gasteiger partial charge on any atom is 0.243 e. The Kier molecular flexibility index (Phi) is 10.8. The number of nitrogens with one attached hydrogen (secondary N) is 1. The van der Waals surface area contributed by atoms with Gasteiger partial charge in [-0.3, -0.25) is 9.59 Å². The van der Waals surface area contributed by atoms with Crippen LogP contribution in [-0.4, -0.2) is 54.6 Å². The van der Waals surface area contributed by atoms with Crippen molar-refractivity contribution in [3.63, 3.8) is 0 Å². The second kappa shape index (κ2) is 12.9. The molecular weight excluding hydrogens is 521 g/mol. The second-order valence-electron chi connectivity index (χ2n) is 9.66. The van der Waals surface area contributed by atoms with Crippen LogP contribution >= 0.6 is 23.2 Å². The zero-order valence-corrected chi connectivity index (χ0v) is 23.8. The third-order valence-corrected chi connectivity index (χ3v) is 8.01. The molecule has 7 nitrogen and oxygen atoms in total. The zero-order chi connectivity index (χ0) is 27.1. The summed E-state index contributed by atoms with van der Waals surface area (Å²) >= 11 is 12.4. The summed E-state index contributed by atoms with van der Waals surface area (Å²) < 4.78 is 26.8. The Balaban J connectivity index is 2.19. The molecule has 1 unspecified atom stereocenters. The Morgan fingerprint density at radius 3 is 2.25 bits per heavy atom. The highest BCUT2D eigenvalue weighted by Crippen LogP contribution is 2.24. The summed E-state index contributed by atoms with van der Waals surface area (Å²) in [5.74, 6) is -0.519. The Bertz CT molecular complexity index is 1150. The number of hydrogen-bond donors (Lipinski definition) is 1. The van der Waals surface area contributed by atoms with E-state index in [1.165, 1.54) is 28.4 Å². The predicted octanol–water partition coefficient (Wildman–Crippen LogP) is 5.12. The van der Waals surface area contributed by atoms with Crippen LogP contribution in [0.5, 0.6) is 0 Å². The van der Waals surface area contributed by atoms with Crippen LogP contribution in [0.15, 0.2) is 53.4 Å². The smallest absolute Gasteiger partial charge is 0.243 e. The average Bonchev–Trinajstić information content (AvgIpc) is 2.79. The number of hydrogen-bond acceptors (Lipinski definition) is 4. The normalized spacial score (nSPS) is 12.9. The van der Waals surface area contributed by atoms with Crippen LogP contribution in [0, 0.1) is 0 Å². The molecule has 0 aliphatic carbocycles. The van der Waals surface area contributed by atoms with Crippen LogP contribution in [-0.2, 0) is 26.2 Å². The van der Waals surface area contributed by atoms with Gasteiger partial charge in [0.2, 0.25) is 21.8 Å². The molecular formula is C26H35Cl2N3O4S. The van der Waals surface area contributed by atoms with E-state index >= 15 is 0 Å². The fourth-order valence-electron chi connectivity index (χ4n) is 3.69. The fraction of sp³-hybridized carbons (Fsp3) is 0.462. The summed E-state index contributed by atoms with van der Waals surface area (Å²) in [5, 5.41) is 3.83. The van der Waals surface area contributed by atoms with E-state index in [4.69, 9.17) is 23.2 Å². The van der Waals surface area contributed by atoms with Crippen molar-refractivity contribution in [2.24, 2.45) is 0 Å². The molecule has 0 aliphatic rings. The van der Waals surface area contributed by atoms with Crippen molar-refractivity contribution in [2.75, 3.05) is 13.6 Å². The minimum atomic E-state index is -3.66. The monoisotopic (exact) mass is 555 g/mol. The van der Waals surface area contributed by atoms with Crippen molar-refractivity contribution in [3.05, 3.63) is 64.1 Å². The molecule has 2 aromatic carbocycles. The largest absolute Gasteiger partial charge is 0.350 e. The molecule has 2 rings (SSSR count). The molecule has 0 aromatic heterocycles. The van der Waals surface area contributed by atoms with E-state index in [0.717, 1.165) is 0 Å². The van der Waals surface area contributed by atoms with Gasteiger partial charge in [0.15, 0.2) is 0 Å². The molecule has 2 aromatic rings. The second-order valence-corrected chi connectivity index (χ2v) is 12.6. The summed E-state index contributed by atoms with van der Waals surface area (Å²) in [6.07, 6.45) is 0.768. The van der Waals surface area contributed by atoms with E-state index in [-0.39, 0.29) is 36.2 Å². The van der Waals surface area contributed by atoms with Gasteiger partial charge in [0.05, 0.1) is 4.90 Å². The minimum Gasteiger partial charge on any atom is -0.350 e. The molecule has 10 heteroatoms. The van der Waals surface area contributed by atoms with E-state index in [1.807, 2.05) is 27.7 Å². The van der Waals surface area contributed by atoms with Gasteiger partial charge in [0, 0.05) is 42.1 Å². The first kappa shape index (κ1) is 30.1. The lowest BCUT2D eigenvalue weighted by atomic mass is 10.0. The van der Waals surface area contributed by atoms with Gasteiger partial charge in [-0.05, 0) is 63.4 Å². The Labute approximate surface area is 224 Å². The van der Waals surface area contributed by atoms with Gasteiger partial charge in [-0.25, -0.2) is 12.7 Å². The number of benzene rings is 2. The fourth-order valence-corrected chi connectivity index (χ4v) is 5.39. The van der Waals surface area contributed by atoms with Crippen molar-refractivity contribution in [3.8, 4) is 0 Å². The van der Waals surface area contributed by atoms with Gasteiger partial charge >= 0.3 is 0 Å². The Morgan fingerprint density at radius 1 is 1.06 bits per heavy atom. The molecule has 0 saturated heterocycles. The van der Waals surface area contributed by atoms with Crippen LogP contribution in [0.25, 0.3) is 0 Å². The number of nitrogens with zero attached hydrogens (tertiary/aromatic N) is 2. The summed E-state index contributed by atoms with van der Waals surface area (Å²) in [5.41, 5.74) is 0.200. The highest BCUT2D eigenvalue weighted by atomic mass is 35.5. The summed E-state index contributed by atoms with van der Waals surface area (Å²) in [7, 11) is -2.17. The molecule has 0 heterocycles. The maximum atomic E-state index is 13.4. The number of carbonyl (C=O) groups is 2. The van der Waals surface area contributed by atoms with Crippen LogP contribution in [0.2, 0.25) is 10.0 Å². The van der Waals surface area contributed by atoms with Crippen molar-refractivity contribution in [2.45, 2.75) is 70.0 Å². The number of carbonyl (C=O) groups excluding carboxylic acids is 2. The van der Waals surface area contributed by atoms with E-state index in [1.54, 1.807) is 36.4 Å². The summed E-state index contributed by atoms with van der Waals surface area (Å²) in [6.45, 7) is 7.76. The molecule has 0 saturated carbocycles. The van der Waals surface area contributed by atoms with Crippen LogP contribution in [0.4, 0.5) is 0 Å². The van der Waals surface area contributed by atoms with Crippen LogP contribution < -0.4 is 5.32 Å². The van der Waals surface area contributed by atoms with E-state index < -0.39 is 21.6 Å². The molecule has 198 valence electrons. The summed E-state index contributed by atoms with van der Waals surface area (Å²) in [6, 6.07) is 12.5. The first-order valence-electron chi connectivity index (χ1n) is 11.8. The standard InChI is InChI=1S/C26H35Cl2N3O4S/c1-6-23(25(33)29-26(2,3)4)31(18-19-14-15-20(27)17-22(19)28)24(32)13-10-16-30(5)36(34,35)21-11-8-7-9-12-21/h7-9,11-12,14-15,17,23H,6,10,13,16,18H2,1-5H3,(H,29,33). The first-order chi connectivity index (χ1) is 16.8. The first-order valence-corrected chi connectivity index (χ1v) is 14.0. The Morgan fingerprint density at radius 2 is 1.69 bits per heavy atom. The maximum absolute atomic E-state index is 13.4. The molecule has 0 radical (unpaired) electrons. The average molecular weight is 557 g/mol. The molecule has 0 spiro atoms. The zero-order valence-electron chi connectivity index (χ0n) is 21.4. The van der Waals surface area contributed by atoms with Gasteiger partial charge < -0.3 is 10.2 Å². The number of sulfonamides is 1. The highest BCUT2D eigenvalue weighted by molar-refractivity contribution is 7.89. The van der Waals surface area contributed by atoms with E-state index in [2.05, 4.69) is 5.32 Å². The van der Waals surface area contributed by atoms with Crippen molar-refractivity contribution in [1.82, 2.24) is 14.5 Å². The van der Waals surface area contributed by atoms with Crippen LogP contribution in [0.1, 0.15) is 52.5 Å². The van der Waals surface area contributed by atoms with Crippen molar-refractivity contribution in [1.29, 1.82) is 0 Å². The molecule has 36 heavy (non-hydrogen) atoms. The third-order valence-electron chi connectivity index (χ3n) is 5.55. The van der Waals surface area contributed by atoms with Gasteiger partial charge in [-0.15, -0.1) is 0 Å². The summed E-state index contributed by atoms with van der Waals surface area (Å²) in [4.78, 5) is 28.2. The minimum absolute atomic E-state index is 0.0686. The van der Waals surface area contributed by atoms with E-state index in [9.17, 15) is 18.0 Å². The molecule has 0 fully saturated rings. The van der Waals surface area contributed by atoms with Crippen molar-refractivity contribution >= 4 is 45.0 Å². The van der Waals surface area contributed by atoms with Crippen LogP contribution in [0.3, 0.4) is 0 Å². The highest BCUT2D eigenvalue weighted by Gasteiger charge is 2.31. The SMILES string of the molecule is CCC(C(=O)NC(C)(C)C)N(Cc1ccc(Cl)cc1Cl)C(=O)CCCN(C)S(=O)(=O)c1ccccc1. The Hall–Kier alpha value is -2.13. The number of halogens is 2. The lowest BCUT2D eigenvalue weighted by molar-refractivity contribution is -0.142. The van der Waals surface area contributed by atoms with Gasteiger partial charge in [0.25, 0.3) is 0 Å². The third kappa shape index (κ3) is 8.47. The lowest BCUT2D eigenvalue weighted by Gasteiger charge is -2.33. The quantitative estimate of drug-likeness (QED) is 0.417. The predicted molar refractivity (Wildman–Crippen MR) is 144 cm³/mol. The molecule has 1 N–H and O–H groups in total. The van der Waals surface area contributed by atoms with Gasteiger partial charge in [-0.1, -0.05) is 54.4 Å². The van der Waals surface area contributed by atoms with Gasteiger partial charge in [-0.2, -0.15) is 0 Å². The topological polar surface area (TPSA) is 86.8 Å². The van der Waals surface area contributed by atoms with Crippen molar-refractivity contribution < 1.29 is 18.0 Å².